The van der Waals surface area contributed by atoms with E-state index in [9.17, 15) is 4.79 Å². The van der Waals surface area contributed by atoms with Gasteiger partial charge < -0.3 is 10.6 Å². The molecule has 11 heavy (non-hydrogen) atoms. The van der Waals surface area contributed by atoms with Crippen LogP contribution in [-0.4, -0.2) is 24.5 Å². The number of nitrogens with one attached hydrogen (secondary N) is 2. The molecule has 0 aromatic carbocycles. The van der Waals surface area contributed by atoms with Gasteiger partial charge in [0, 0.05) is 12.6 Å². The summed E-state index contributed by atoms with van der Waals surface area (Å²) in [5.41, 5.74) is 0. The third-order valence-electron chi connectivity index (χ3n) is 1.51. The van der Waals surface area contributed by atoms with Crippen molar-refractivity contribution in [3.05, 3.63) is 0 Å². The van der Waals surface area contributed by atoms with Gasteiger partial charge in [0.25, 0.3) is 0 Å². The van der Waals surface area contributed by atoms with E-state index < -0.39 is 0 Å². The molecule has 1 rings (SSSR count). The molecule has 0 aliphatic carbocycles. The van der Waals surface area contributed by atoms with Gasteiger partial charge in [-0.3, -0.25) is 4.79 Å². The van der Waals surface area contributed by atoms with Crippen molar-refractivity contribution in [2.45, 2.75) is 39.8 Å². The molecule has 1 aliphatic rings. The number of hydrogen-bond acceptors (Lipinski definition) is 2. The molecule has 1 heterocycles. The quantitative estimate of drug-likeness (QED) is 0.539. The number of carbonyl (C=O) groups excluding carboxylic acids is 1. The molecular formula is C8H18N2O. The molecule has 0 bridgehead atoms. The summed E-state index contributed by atoms with van der Waals surface area (Å²) in [6.45, 7) is 8.67. The van der Waals surface area contributed by atoms with E-state index in [-0.39, 0.29) is 11.9 Å². The molecule has 2 atom stereocenters. The molecule has 0 radical (unpaired) electrons. The summed E-state index contributed by atoms with van der Waals surface area (Å²) < 4.78 is 0. The van der Waals surface area contributed by atoms with Crippen molar-refractivity contribution in [1.29, 1.82) is 0 Å². The van der Waals surface area contributed by atoms with Crippen molar-refractivity contribution >= 4 is 5.91 Å². The Labute approximate surface area is 68.6 Å². The zero-order valence-corrected chi connectivity index (χ0v) is 7.77. The molecule has 0 spiro atoms. The molecule has 3 nitrogen and oxygen atoms in total. The van der Waals surface area contributed by atoms with Gasteiger partial charge in [-0.15, -0.1) is 0 Å². The monoisotopic (exact) mass is 158 g/mol. The van der Waals surface area contributed by atoms with Crippen LogP contribution < -0.4 is 10.6 Å². The fraction of sp³-hybridized carbons (Fsp3) is 0.875. The van der Waals surface area contributed by atoms with E-state index in [1.54, 1.807) is 0 Å². The first-order valence-electron chi connectivity index (χ1n) is 4.24. The highest BCUT2D eigenvalue weighted by molar-refractivity contribution is 5.82. The van der Waals surface area contributed by atoms with Crippen molar-refractivity contribution in [2.75, 3.05) is 6.54 Å². The summed E-state index contributed by atoms with van der Waals surface area (Å²) >= 11 is 0. The Bertz CT molecular complexity index is 125. The zero-order chi connectivity index (χ0) is 8.85. The second-order valence-corrected chi connectivity index (χ2v) is 2.53. The lowest BCUT2D eigenvalue weighted by Gasteiger charge is -2.25. The predicted molar refractivity (Wildman–Crippen MR) is 46.4 cm³/mol. The minimum atomic E-state index is -0.0197. The largest absolute Gasteiger partial charge is 0.353 e. The van der Waals surface area contributed by atoms with Gasteiger partial charge in [-0.05, 0) is 13.8 Å². The number of hydrogen-bond donors (Lipinski definition) is 2. The lowest BCUT2D eigenvalue weighted by molar-refractivity contribution is -0.124. The van der Waals surface area contributed by atoms with Crippen LogP contribution in [0, 0.1) is 0 Å². The first kappa shape index (κ1) is 10.4. The Morgan fingerprint density at radius 1 is 1.36 bits per heavy atom. The van der Waals surface area contributed by atoms with E-state index >= 15 is 0 Å². The molecule has 66 valence electrons. The van der Waals surface area contributed by atoms with Crippen LogP contribution in [0.3, 0.4) is 0 Å². The van der Waals surface area contributed by atoms with E-state index in [0.717, 1.165) is 6.54 Å². The molecule has 1 fully saturated rings. The Balaban J connectivity index is 0.000000461. The van der Waals surface area contributed by atoms with Crippen molar-refractivity contribution in [3.8, 4) is 0 Å². The highest BCUT2D eigenvalue weighted by atomic mass is 16.2. The third-order valence-corrected chi connectivity index (χ3v) is 1.51. The summed E-state index contributed by atoms with van der Waals surface area (Å²) in [5, 5.41) is 5.90. The average Bonchev–Trinajstić information content (AvgIpc) is 2.02. The summed E-state index contributed by atoms with van der Waals surface area (Å²) in [5.74, 6) is 0.105. The highest BCUT2D eigenvalue weighted by Crippen LogP contribution is 1.92. The number of rotatable bonds is 0. The molecule has 2 N–H and O–H groups in total. The molecule has 1 unspecified atom stereocenters. The Hall–Kier alpha value is -0.570. The van der Waals surface area contributed by atoms with E-state index in [0.29, 0.717) is 6.04 Å². The van der Waals surface area contributed by atoms with Crippen molar-refractivity contribution in [3.63, 3.8) is 0 Å². The number of piperazine rings is 1. The van der Waals surface area contributed by atoms with Crippen molar-refractivity contribution in [1.82, 2.24) is 10.6 Å². The maximum atomic E-state index is 10.8. The Morgan fingerprint density at radius 3 is 2.27 bits per heavy atom. The average molecular weight is 158 g/mol. The van der Waals surface area contributed by atoms with Crippen LogP contribution >= 0.6 is 0 Å². The van der Waals surface area contributed by atoms with Gasteiger partial charge in [-0.2, -0.15) is 0 Å². The van der Waals surface area contributed by atoms with E-state index in [1.165, 1.54) is 0 Å². The molecule has 1 saturated heterocycles. The maximum Gasteiger partial charge on any atom is 0.236 e. The lowest BCUT2D eigenvalue weighted by Crippen LogP contribution is -2.55. The van der Waals surface area contributed by atoms with Gasteiger partial charge in [-0.1, -0.05) is 13.8 Å². The lowest BCUT2D eigenvalue weighted by atomic mass is 10.2. The molecule has 3 heteroatoms. The van der Waals surface area contributed by atoms with Crippen LogP contribution in [0.4, 0.5) is 0 Å². The van der Waals surface area contributed by atoms with Crippen molar-refractivity contribution in [2.24, 2.45) is 0 Å². The van der Waals surface area contributed by atoms with E-state index in [1.807, 2.05) is 20.8 Å². The minimum absolute atomic E-state index is 0.0197. The van der Waals surface area contributed by atoms with Crippen LogP contribution in [0.1, 0.15) is 27.7 Å². The Morgan fingerprint density at radius 2 is 1.91 bits per heavy atom. The number of carbonyl (C=O) groups is 1. The SMILES string of the molecule is CC.CC1CNC(=O)[C@@H](C)N1. The second kappa shape index (κ2) is 5.13. The van der Waals surface area contributed by atoms with Crippen molar-refractivity contribution < 1.29 is 4.79 Å². The summed E-state index contributed by atoms with van der Waals surface area (Å²) in [7, 11) is 0. The van der Waals surface area contributed by atoms with Crippen LogP contribution in [0.25, 0.3) is 0 Å². The smallest absolute Gasteiger partial charge is 0.236 e. The molecule has 0 aromatic heterocycles. The standard InChI is InChI=1S/C6H12N2O.C2H6/c1-4-3-7-6(9)5(2)8-4;1-2/h4-5,8H,3H2,1-2H3,(H,7,9);1-2H3/t4?,5-;/m1./s1. The van der Waals surface area contributed by atoms with Gasteiger partial charge in [0.1, 0.15) is 0 Å². The zero-order valence-electron chi connectivity index (χ0n) is 7.77. The minimum Gasteiger partial charge on any atom is -0.353 e. The van der Waals surface area contributed by atoms with E-state index in [2.05, 4.69) is 17.6 Å². The van der Waals surface area contributed by atoms with Gasteiger partial charge in [-0.25, -0.2) is 0 Å². The molecule has 1 aliphatic heterocycles. The first-order valence-corrected chi connectivity index (χ1v) is 4.24. The van der Waals surface area contributed by atoms with E-state index in [4.69, 9.17) is 0 Å². The van der Waals surface area contributed by atoms with Crippen LogP contribution in [0.15, 0.2) is 0 Å². The summed E-state index contributed by atoms with van der Waals surface area (Å²) in [4.78, 5) is 10.8. The second-order valence-electron chi connectivity index (χ2n) is 2.53. The molecule has 0 aromatic rings. The summed E-state index contributed by atoms with van der Waals surface area (Å²) in [6.07, 6.45) is 0. The van der Waals surface area contributed by atoms with Crippen LogP contribution in [0.5, 0.6) is 0 Å². The van der Waals surface area contributed by atoms with Crippen LogP contribution in [-0.2, 0) is 4.79 Å². The fourth-order valence-corrected chi connectivity index (χ4v) is 0.968. The van der Waals surface area contributed by atoms with Gasteiger partial charge in [0.05, 0.1) is 6.04 Å². The maximum absolute atomic E-state index is 10.8. The normalized spacial score (nSPS) is 30.0. The fourth-order valence-electron chi connectivity index (χ4n) is 0.968. The van der Waals surface area contributed by atoms with Gasteiger partial charge in [0.2, 0.25) is 5.91 Å². The topological polar surface area (TPSA) is 41.1 Å². The number of amides is 1. The molecule has 0 saturated carbocycles. The summed E-state index contributed by atoms with van der Waals surface area (Å²) in [6, 6.07) is 0.395. The van der Waals surface area contributed by atoms with Gasteiger partial charge >= 0.3 is 0 Å². The Kier molecular flexibility index (Phi) is 4.86. The molecule has 1 amide bonds. The predicted octanol–water partition coefficient (Wildman–Crippen LogP) is 0.509. The first-order chi connectivity index (χ1) is 5.20. The highest BCUT2D eigenvalue weighted by Gasteiger charge is 2.19. The third kappa shape index (κ3) is 3.37. The van der Waals surface area contributed by atoms with Gasteiger partial charge in [0.15, 0.2) is 0 Å². The molecular weight excluding hydrogens is 140 g/mol. The van der Waals surface area contributed by atoms with Crippen LogP contribution in [0.2, 0.25) is 0 Å².